The molecule has 0 radical (unpaired) electrons. The molecule has 0 saturated carbocycles. The first-order valence-corrected chi connectivity index (χ1v) is 10.2. The lowest BCUT2D eigenvalue weighted by molar-refractivity contribution is -0.153. The molecule has 150 valence electrons. The highest BCUT2D eigenvalue weighted by Crippen LogP contribution is 2.16. The fourth-order valence-electron chi connectivity index (χ4n) is 2.14. The summed E-state index contributed by atoms with van der Waals surface area (Å²) in [6.45, 7) is 4.60. The van der Waals surface area contributed by atoms with Crippen molar-refractivity contribution < 1.29 is 22.7 Å². The van der Waals surface area contributed by atoms with Crippen molar-refractivity contribution in [3.8, 4) is 0 Å². The number of hydrogen-bond acceptors (Lipinski definition) is 5. The smallest absolute Gasteiger partial charge is 0.321 e. The zero-order valence-electron chi connectivity index (χ0n) is 15.7. The first-order chi connectivity index (χ1) is 13.0. The second kappa shape index (κ2) is 8.72. The van der Waals surface area contributed by atoms with Crippen LogP contribution in [0.25, 0.3) is 0 Å². The van der Waals surface area contributed by atoms with Crippen molar-refractivity contribution in [3.63, 3.8) is 0 Å². The minimum atomic E-state index is -3.89. The summed E-state index contributed by atoms with van der Waals surface area (Å²) < 4.78 is 31.8. The molecular formula is C19H21ClN2O5S. The van der Waals surface area contributed by atoms with Crippen molar-refractivity contribution in [3.05, 3.63) is 59.1 Å². The maximum atomic E-state index is 12.3. The standard InChI is InChI=1S/C19H21ClN2O5S/c1-19(2,3)27-17(23)12-21-28(25,26)16-10-8-15(9-11-16)22-18(24)13-4-6-14(20)7-5-13/h4-11,21H,12H2,1-3H3,(H,22,24). The van der Waals surface area contributed by atoms with Crippen LogP contribution in [0.2, 0.25) is 5.02 Å². The van der Waals surface area contributed by atoms with Crippen LogP contribution in [0, 0.1) is 0 Å². The van der Waals surface area contributed by atoms with Crippen molar-refractivity contribution >= 4 is 39.2 Å². The SMILES string of the molecule is CC(C)(C)OC(=O)CNS(=O)(=O)c1ccc(NC(=O)c2ccc(Cl)cc2)cc1. The van der Waals surface area contributed by atoms with Gasteiger partial charge in [0.1, 0.15) is 12.1 Å². The molecule has 2 rings (SSSR count). The Morgan fingerprint density at radius 2 is 1.57 bits per heavy atom. The van der Waals surface area contributed by atoms with E-state index in [0.29, 0.717) is 16.3 Å². The van der Waals surface area contributed by atoms with Crippen molar-refractivity contribution in [2.24, 2.45) is 0 Å². The van der Waals surface area contributed by atoms with E-state index in [-0.39, 0.29) is 10.8 Å². The van der Waals surface area contributed by atoms with Gasteiger partial charge >= 0.3 is 5.97 Å². The van der Waals surface area contributed by atoms with Crippen LogP contribution < -0.4 is 10.0 Å². The van der Waals surface area contributed by atoms with Gasteiger partial charge in [-0.25, -0.2) is 8.42 Å². The summed E-state index contributed by atoms with van der Waals surface area (Å²) in [5.74, 6) is -1.03. The number of benzene rings is 2. The Hall–Kier alpha value is -2.42. The van der Waals surface area contributed by atoms with Crippen LogP contribution in [0.3, 0.4) is 0 Å². The maximum Gasteiger partial charge on any atom is 0.321 e. The van der Waals surface area contributed by atoms with Crippen molar-refractivity contribution in [2.75, 3.05) is 11.9 Å². The zero-order valence-corrected chi connectivity index (χ0v) is 17.2. The topological polar surface area (TPSA) is 102 Å². The number of amides is 1. The molecule has 0 unspecified atom stereocenters. The Balaban J connectivity index is 1.99. The summed E-state index contributed by atoms with van der Waals surface area (Å²) in [7, 11) is -3.89. The number of carbonyl (C=O) groups excluding carboxylic acids is 2. The van der Waals surface area contributed by atoms with Gasteiger partial charge in [-0.15, -0.1) is 0 Å². The predicted octanol–water partition coefficient (Wildman–Crippen LogP) is 3.21. The Bertz CT molecular complexity index is 949. The lowest BCUT2D eigenvalue weighted by atomic mass is 10.2. The molecule has 0 bridgehead atoms. The highest BCUT2D eigenvalue weighted by Gasteiger charge is 2.20. The molecule has 0 aliphatic carbocycles. The lowest BCUT2D eigenvalue weighted by Crippen LogP contribution is -2.34. The predicted molar refractivity (Wildman–Crippen MR) is 107 cm³/mol. The highest BCUT2D eigenvalue weighted by atomic mass is 35.5. The van der Waals surface area contributed by atoms with E-state index in [4.69, 9.17) is 16.3 Å². The van der Waals surface area contributed by atoms with Crippen LogP contribution in [0.1, 0.15) is 31.1 Å². The number of carbonyl (C=O) groups is 2. The van der Waals surface area contributed by atoms with Crippen molar-refractivity contribution in [2.45, 2.75) is 31.3 Å². The first kappa shape index (κ1) is 21.9. The molecule has 0 aliphatic heterocycles. The number of rotatable bonds is 6. The van der Waals surface area contributed by atoms with E-state index in [2.05, 4.69) is 10.0 Å². The van der Waals surface area contributed by atoms with E-state index in [1.165, 1.54) is 24.3 Å². The molecule has 0 spiro atoms. The van der Waals surface area contributed by atoms with Crippen LogP contribution in [0.5, 0.6) is 0 Å². The monoisotopic (exact) mass is 424 g/mol. The molecule has 0 fully saturated rings. The van der Waals surface area contributed by atoms with E-state index in [9.17, 15) is 18.0 Å². The second-order valence-electron chi connectivity index (χ2n) is 6.90. The van der Waals surface area contributed by atoms with Crippen LogP contribution in [0.4, 0.5) is 5.69 Å². The van der Waals surface area contributed by atoms with E-state index < -0.39 is 28.1 Å². The van der Waals surface area contributed by atoms with Crippen LogP contribution in [0.15, 0.2) is 53.4 Å². The minimum Gasteiger partial charge on any atom is -0.459 e. The van der Waals surface area contributed by atoms with Gasteiger partial charge in [0, 0.05) is 16.3 Å². The number of anilines is 1. The highest BCUT2D eigenvalue weighted by molar-refractivity contribution is 7.89. The lowest BCUT2D eigenvalue weighted by Gasteiger charge is -2.19. The summed E-state index contributed by atoms with van der Waals surface area (Å²) in [6, 6.07) is 11.9. The number of hydrogen-bond donors (Lipinski definition) is 2. The number of halogens is 1. The Kier molecular flexibility index (Phi) is 6.82. The van der Waals surface area contributed by atoms with Gasteiger partial charge in [0.05, 0.1) is 4.90 Å². The van der Waals surface area contributed by atoms with Gasteiger partial charge in [0.15, 0.2) is 0 Å². The molecule has 1 amide bonds. The molecule has 0 aromatic heterocycles. The molecule has 0 aliphatic rings. The molecule has 0 saturated heterocycles. The summed E-state index contributed by atoms with van der Waals surface area (Å²) >= 11 is 5.79. The summed E-state index contributed by atoms with van der Waals surface area (Å²) in [5.41, 5.74) is 0.137. The number of sulfonamides is 1. The quantitative estimate of drug-likeness (QED) is 0.693. The molecule has 0 atom stereocenters. The fraction of sp³-hybridized carbons (Fsp3) is 0.263. The number of nitrogens with one attached hydrogen (secondary N) is 2. The van der Waals surface area contributed by atoms with Gasteiger partial charge < -0.3 is 10.1 Å². The van der Waals surface area contributed by atoms with Crippen LogP contribution in [-0.2, 0) is 19.6 Å². The van der Waals surface area contributed by atoms with E-state index in [0.717, 1.165) is 0 Å². The molecule has 9 heteroatoms. The zero-order chi connectivity index (χ0) is 20.9. The Labute approximate surface area is 169 Å². The van der Waals surface area contributed by atoms with Crippen LogP contribution in [-0.4, -0.2) is 32.4 Å². The van der Waals surface area contributed by atoms with E-state index >= 15 is 0 Å². The molecular weight excluding hydrogens is 404 g/mol. The Morgan fingerprint density at radius 3 is 2.11 bits per heavy atom. The van der Waals surface area contributed by atoms with Gasteiger partial charge in [-0.3, -0.25) is 9.59 Å². The third-order valence-corrected chi connectivity index (χ3v) is 5.02. The third-order valence-electron chi connectivity index (χ3n) is 3.36. The average molecular weight is 425 g/mol. The molecule has 28 heavy (non-hydrogen) atoms. The minimum absolute atomic E-state index is 0.0412. The third kappa shape index (κ3) is 6.63. The maximum absolute atomic E-state index is 12.3. The van der Waals surface area contributed by atoms with Gasteiger partial charge in [-0.1, -0.05) is 11.6 Å². The average Bonchev–Trinajstić information content (AvgIpc) is 2.60. The number of ether oxygens (including phenoxy) is 1. The molecule has 2 aromatic carbocycles. The van der Waals surface area contributed by atoms with Gasteiger partial charge in [0.25, 0.3) is 5.91 Å². The van der Waals surface area contributed by atoms with Crippen molar-refractivity contribution in [1.29, 1.82) is 0 Å². The first-order valence-electron chi connectivity index (χ1n) is 8.35. The van der Waals surface area contributed by atoms with Gasteiger partial charge in [-0.2, -0.15) is 4.72 Å². The largest absolute Gasteiger partial charge is 0.459 e. The van der Waals surface area contributed by atoms with Crippen LogP contribution >= 0.6 is 11.6 Å². The second-order valence-corrected chi connectivity index (χ2v) is 9.10. The number of esters is 1. The van der Waals surface area contributed by atoms with Crippen molar-refractivity contribution in [1.82, 2.24) is 4.72 Å². The van der Waals surface area contributed by atoms with E-state index in [1.807, 2.05) is 0 Å². The van der Waals surface area contributed by atoms with Gasteiger partial charge in [0.2, 0.25) is 10.0 Å². The summed E-state index contributed by atoms with van der Waals surface area (Å²) in [4.78, 5) is 23.8. The molecule has 0 heterocycles. The molecule has 2 N–H and O–H groups in total. The fourth-order valence-corrected chi connectivity index (χ4v) is 3.23. The van der Waals surface area contributed by atoms with E-state index in [1.54, 1.807) is 45.0 Å². The molecule has 2 aromatic rings. The van der Waals surface area contributed by atoms with Gasteiger partial charge in [-0.05, 0) is 69.3 Å². The summed E-state index contributed by atoms with van der Waals surface area (Å²) in [5, 5.41) is 3.18. The Morgan fingerprint density at radius 1 is 1.00 bits per heavy atom. The normalized spacial score (nSPS) is 11.7. The molecule has 7 nitrogen and oxygen atoms in total. The summed E-state index contributed by atoms with van der Waals surface area (Å²) in [6.07, 6.45) is 0.